The van der Waals surface area contributed by atoms with Crippen molar-refractivity contribution in [3.05, 3.63) is 29.1 Å². The summed E-state index contributed by atoms with van der Waals surface area (Å²) in [6.45, 7) is 6.21. The van der Waals surface area contributed by atoms with Gasteiger partial charge in [-0.2, -0.15) is 0 Å². The normalized spacial score (nSPS) is 17.4. The van der Waals surface area contributed by atoms with Gasteiger partial charge >= 0.3 is 0 Å². The molecule has 17 heavy (non-hydrogen) atoms. The van der Waals surface area contributed by atoms with Crippen molar-refractivity contribution >= 4 is 23.4 Å². The highest BCUT2D eigenvalue weighted by Gasteiger charge is 2.11. The number of allylic oxidation sites excluding steroid dienone is 1. The number of halogens is 1. The Morgan fingerprint density at radius 1 is 1.41 bits per heavy atom. The standard InChI is InChI=1S/C13H18ClN3/c1-2-4-11-9-12(10-16-13(11)14)17-7-3-5-15-6-8-17/h2,4,9-10,15H,3,5-8H2,1H3/b4-2-. The van der Waals surface area contributed by atoms with Crippen molar-refractivity contribution in [3.63, 3.8) is 0 Å². The van der Waals surface area contributed by atoms with Crippen LogP contribution >= 0.6 is 11.6 Å². The molecule has 0 amide bonds. The first-order valence-electron chi connectivity index (χ1n) is 6.05. The summed E-state index contributed by atoms with van der Waals surface area (Å²) >= 11 is 6.05. The molecule has 1 saturated heterocycles. The minimum absolute atomic E-state index is 0.569. The molecule has 1 aromatic rings. The predicted octanol–water partition coefficient (Wildman–Crippen LogP) is 2.57. The van der Waals surface area contributed by atoms with Gasteiger partial charge in [-0.15, -0.1) is 0 Å². The quantitative estimate of drug-likeness (QED) is 0.819. The van der Waals surface area contributed by atoms with Gasteiger partial charge in [0, 0.05) is 25.2 Å². The summed E-state index contributed by atoms with van der Waals surface area (Å²) in [7, 11) is 0. The summed E-state index contributed by atoms with van der Waals surface area (Å²) < 4.78 is 0. The highest BCUT2D eigenvalue weighted by molar-refractivity contribution is 6.30. The number of pyridine rings is 1. The van der Waals surface area contributed by atoms with Gasteiger partial charge in [-0.25, -0.2) is 4.98 Å². The highest BCUT2D eigenvalue weighted by atomic mass is 35.5. The number of aromatic nitrogens is 1. The Morgan fingerprint density at radius 3 is 3.12 bits per heavy atom. The van der Waals surface area contributed by atoms with Crippen molar-refractivity contribution in [2.75, 3.05) is 31.1 Å². The van der Waals surface area contributed by atoms with Crippen molar-refractivity contribution in [3.8, 4) is 0 Å². The van der Waals surface area contributed by atoms with Crippen LogP contribution in [0.4, 0.5) is 5.69 Å². The monoisotopic (exact) mass is 251 g/mol. The molecule has 0 atom stereocenters. The topological polar surface area (TPSA) is 28.2 Å². The van der Waals surface area contributed by atoms with E-state index in [0.29, 0.717) is 5.15 Å². The first-order chi connectivity index (χ1) is 8.31. The van der Waals surface area contributed by atoms with Crippen LogP contribution in [0, 0.1) is 0 Å². The van der Waals surface area contributed by atoms with Gasteiger partial charge in [0.1, 0.15) is 5.15 Å². The molecule has 4 heteroatoms. The minimum atomic E-state index is 0.569. The minimum Gasteiger partial charge on any atom is -0.369 e. The summed E-state index contributed by atoms with van der Waals surface area (Å²) in [5.74, 6) is 0. The zero-order valence-electron chi connectivity index (χ0n) is 10.1. The first-order valence-corrected chi connectivity index (χ1v) is 6.43. The lowest BCUT2D eigenvalue weighted by Crippen LogP contribution is -2.27. The Hall–Kier alpha value is -1.06. The maximum Gasteiger partial charge on any atom is 0.136 e. The fourth-order valence-corrected chi connectivity index (χ4v) is 2.19. The molecule has 1 aliphatic heterocycles. The molecule has 0 bridgehead atoms. The maximum absolute atomic E-state index is 6.05. The molecule has 2 heterocycles. The van der Waals surface area contributed by atoms with Gasteiger partial charge in [0.15, 0.2) is 0 Å². The molecule has 1 aromatic heterocycles. The number of anilines is 1. The number of hydrogen-bond acceptors (Lipinski definition) is 3. The summed E-state index contributed by atoms with van der Waals surface area (Å²) in [6, 6.07) is 2.11. The van der Waals surface area contributed by atoms with Crippen LogP contribution < -0.4 is 10.2 Å². The van der Waals surface area contributed by atoms with Crippen LogP contribution in [0.5, 0.6) is 0 Å². The molecular formula is C13H18ClN3. The lowest BCUT2D eigenvalue weighted by Gasteiger charge is -2.22. The van der Waals surface area contributed by atoms with Crippen LogP contribution in [-0.4, -0.2) is 31.2 Å². The third-order valence-electron chi connectivity index (χ3n) is 2.90. The molecular weight excluding hydrogens is 234 g/mol. The van der Waals surface area contributed by atoms with E-state index >= 15 is 0 Å². The van der Waals surface area contributed by atoms with Gasteiger partial charge in [0.05, 0.1) is 11.9 Å². The second kappa shape index (κ2) is 6.03. The van der Waals surface area contributed by atoms with Crippen molar-refractivity contribution in [2.24, 2.45) is 0 Å². The first kappa shape index (κ1) is 12.4. The van der Waals surface area contributed by atoms with E-state index in [1.807, 2.05) is 25.3 Å². The third-order valence-corrected chi connectivity index (χ3v) is 3.22. The Morgan fingerprint density at radius 2 is 2.29 bits per heavy atom. The lowest BCUT2D eigenvalue weighted by molar-refractivity contribution is 0.724. The van der Waals surface area contributed by atoms with E-state index in [4.69, 9.17) is 11.6 Å². The van der Waals surface area contributed by atoms with Gasteiger partial charge in [-0.3, -0.25) is 0 Å². The molecule has 1 N–H and O–H groups in total. The van der Waals surface area contributed by atoms with E-state index in [0.717, 1.165) is 37.4 Å². The molecule has 0 saturated carbocycles. The van der Waals surface area contributed by atoms with E-state index < -0.39 is 0 Å². The average molecular weight is 252 g/mol. The van der Waals surface area contributed by atoms with Crippen LogP contribution in [-0.2, 0) is 0 Å². The lowest BCUT2D eigenvalue weighted by atomic mass is 10.2. The largest absolute Gasteiger partial charge is 0.369 e. The van der Waals surface area contributed by atoms with Crippen molar-refractivity contribution in [2.45, 2.75) is 13.3 Å². The van der Waals surface area contributed by atoms with Crippen LogP contribution in [0.25, 0.3) is 6.08 Å². The Balaban J connectivity index is 2.22. The van der Waals surface area contributed by atoms with Crippen molar-refractivity contribution in [1.82, 2.24) is 10.3 Å². The Labute approximate surface area is 107 Å². The molecule has 0 spiro atoms. The predicted molar refractivity (Wildman–Crippen MR) is 73.7 cm³/mol. The van der Waals surface area contributed by atoms with Gasteiger partial charge in [0.2, 0.25) is 0 Å². The highest BCUT2D eigenvalue weighted by Crippen LogP contribution is 2.22. The summed E-state index contributed by atoms with van der Waals surface area (Å²) in [4.78, 5) is 6.61. The maximum atomic E-state index is 6.05. The van der Waals surface area contributed by atoms with Crippen molar-refractivity contribution in [1.29, 1.82) is 0 Å². The zero-order chi connectivity index (χ0) is 12.1. The van der Waals surface area contributed by atoms with Crippen LogP contribution in [0.3, 0.4) is 0 Å². The van der Waals surface area contributed by atoms with E-state index in [9.17, 15) is 0 Å². The summed E-state index contributed by atoms with van der Waals surface area (Å²) in [5, 5.41) is 3.97. The molecule has 3 nitrogen and oxygen atoms in total. The fraction of sp³-hybridized carbons (Fsp3) is 0.462. The van der Waals surface area contributed by atoms with Crippen LogP contribution in [0.1, 0.15) is 18.9 Å². The molecule has 1 aliphatic rings. The molecule has 0 aromatic carbocycles. The third kappa shape index (κ3) is 3.20. The average Bonchev–Trinajstić information content (AvgIpc) is 2.61. The van der Waals surface area contributed by atoms with Crippen molar-refractivity contribution < 1.29 is 0 Å². The smallest absolute Gasteiger partial charge is 0.136 e. The molecule has 92 valence electrons. The number of nitrogens with one attached hydrogen (secondary N) is 1. The SMILES string of the molecule is C/C=C\c1cc(N2CCCNCC2)cnc1Cl. The van der Waals surface area contributed by atoms with Gasteiger partial charge in [-0.1, -0.05) is 23.8 Å². The molecule has 1 fully saturated rings. The van der Waals surface area contributed by atoms with Crippen LogP contribution in [0.15, 0.2) is 18.3 Å². The second-order valence-electron chi connectivity index (χ2n) is 4.16. The van der Waals surface area contributed by atoms with Gasteiger partial charge in [-0.05, 0) is 26.0 Å². The van der Waals surface area contributed by atoms with E-state index in [-0.39, 0.29) is 0 Å². The molecule has 0 radical (unpaired) electrons. The van der Waals surface area contributed by atoms with E-state index in [2.05, 4.69) is 21.3 Å². The van der Waals surface area contributed by atoms with E-state index in [1.165, 1.54) is 6.42 Å². The summed E-state index contributed by atoms with van der Waals surface area (Å²) in [5.41, 5.74) is 2.15. The molecule has 0 aliphatic carbocycles. The Bertz CT molecular complexity index is 396. The van der Waals surface area contributed by atoms with E-state index in [1.54, 1.807) is 0 Å². The summed E-state index contributed by atoms with van der Waals surface area (Å²) in [6.07, 6.45) is 7.01. The van der Waals surface area contributed by atoms with Gasteiger partial charge in [0.25, 0.3) is 0 Å². The van der Waals surface area contributed by atoms with Crippen LogP contribution in [0.2, 0.25) is 5.15 Å². The number of hydrogen-bond donors (Lipinski definition) is 1. The zero-order valence-corrected chi connectivity index (χ0v) is 10.9. The second-order valence-corrected chi connectivity index (χ2v) is 4.52. The number of rotatable bonds is 2. The number of nitrogens with zero attached hydrogens (tertiary/aromatic N) is 2. The fourth-order valence-electron chi connectivity index (χ4n) is 2.03. The molecule has 0 unspecified atom stereocenters. The Kier molecular flexibility index (Phi) is 4.40. The molecule has 2 rings (SSSR count). The van der Waals surface area contributed by atoms with Gasteiger partial charge < -0.3 is 10.2 Å².